The zero-order chi connectivity index (χ0) is 24.8. The molecule has 0 saturated heterocycles. The standard InChI is InChI=1S/C20H32N2O8S2/c1-11(2)7-15(23)17(25)21-13(19(27)29-5)9-31-32-10-14(20(28)30-6)22-18(26)16(24)8-12(3)4/h11-14H,7-10H2,1-6H3,(H,21,25)(H,22,26). The molecule has 182 valence electrons. The van der Waals surface area contributed by atoms with Gasteiger partial charge in [-0.3, -0.25) is 19.2 Å². The quantitative estimate of drug-likeness (QED) is 0.146. The number of hydrogen-bond donors (Lipinski definition) is 2. The smallest absolute Gasteiger partial charge is 0.329 e. The maximum Gasteiger partial charge on any atom is 0.329 e. The first kappa shape index (κ1) is 29.9. The van der Waals surface area contributed by atoms with Crippen LogP contribution in [0.5, 0.6) is 0 Å². The summed E-state index contributed by atoms with van der Waals surface area (Å²) >= 11 is 0. The molecule has 0 aromatic heterocycles. The number of nitrogens with one attached hydrogen (secondary N) is 2. The highest BCUT2D eigenvalue weighted by Crippen LogP contribution is 2.23. The van der Waals surface area contributed by atoms with Gasteiger partial charge in [0.25, 0.3) is 11.8 Å². The number of esters is 2. The molecule has 10 nitrogen and oxygen atoms in total. The fourth-order valence-electron chi connectivity index (χ4n) is 2.26. The number of carbonyl (C=O) groups excluding carboxylic acids is 6. The van der Waals surface area contributed by atoms with Crippen LogP contribution in [0.25, 0.3) is 0 Å². The lowest BCUT2D eigenvalue weighted by molar-refractivity contribution is -0.146. The van der Waals surface area contributed by atoms with Gasteiger partial charge in [0.1, 0.15) is 12.1 Å². The fraction of sp³-hybridized carbons (Fsp3) is 0.700. The third-order valence-corrected chi connectivity index (χ3v) is 6.25. The molecule has 0 radical (unpaired) electrons. The van der Waals surface area contributed by atoms with Crippen LogP contribution in [0, 0.1) is 11.8 Å². The number of rotatable bonds is 15. The van der Waals surface area contributed by atoms with Crippen molar-refractivity contribution in [3.8, 4) is 0 Å². The molecule has 0 spiro atoms. The van der Waals surface area contributed by atoms with Crippen LogP contribution in [0.1, 0.15) is 40.5 Å². The molecule has 2 N–H and O–H groups in total. The van der Waals surface area contributed by atoms with Crippen LogP contribution in [0.2, 0.25) is 0 Å². The Balaban J connectivity index is 4.85. The van der Waals surface area contributed by atoms with Gasteiger partial charge in [-0.15, -0.1) is 0 Å². The second-order valence-corrected chi connectivity index (χ2v) is 10.3. The molecule has 0 bridgehead atoms. The highest BCUT2D eigenvalue weighted by molar-refractivity contribution is 8.76. The van der Waals surface area contributed by atoms with E-state index in [1.54, 1.807) is 27.7 Å². The first-order valence-electron chi connectivity index (χ1n) is 10.00. The molecular formula is C20H32N2O8S2. The Morgan fingerprint density at radius 2 is 0.969 bits per heavy atom. The van der Waals surface area contributed by atoms with Crippen LogP contribution in [-0.2, 0) is 38.2 Å². The zero-order valence-corrected chi connectivity index (χ0v) is 20.9. The summed E-state index contributed by atoms with van der Waals surface area (Å²) in [6, 6.07) is -2.14. The van der Waals surface area contributed by atoms with Gasteiger partial charge in [0, 0.05) is 24.3 Å². The topological polar surface area (TPSA) is 145 Å². The van der Waals surface area contributed by atoms with E-state index in [4.69, 9.17) is 0 Å². The molecule has 2 atom stereocenters. The predicted octanol–water partition coefficient (Wildman–Crippen LogP) is 0.914. The Hall–Kier alpha value is -2.08. The van der Waals surface area contributed by atoms with Crippen LogP contribution < -0.4 is 10.6 Å². The molecule has 0 aliphatic carbocycles. The van der Waals surface area contributed by atoms with Crippen molar-refractivity contribution >= 4 is 56.9 Å². The summed E-state index contributed by atoms with van der Waals surface area (Å²) in [6.45, 7) is 7.18. The molecule has 2 amide bonds. The van der Waals surface area contributed by atoms with Crippen molar-refractivity contribution in [3.63, 3.8) is 0 Å². The summed E-state index contributed by atoms with van der Waals surface area (Å²) in [4.78, 5) is 71.6. The molecule has 32 heavy (non-hydrogen) atoms. The van der Waals surface area contributed by atoms with Gasteiger partial charge in [-0.05, 0) is 11.8 Å². The summed E-state index contributed by atoms with van der Waals surface area (Å²) in [5.74, 6) is -4.37. The van der Waals surface area contributed by atoms with Gasteiger partial charge in [-0.2, -0.15) is 0 Å². The molecule has 0 saturated carbocycles. The van der Waals surface area contributed by atoms with Crippen LogP contribution in [0.4, 0.5) is 0 Å². The maximum atomic E-state index is 12.0. The van der Waals surface area contributed by atoms with Gasteiger partial charge in [0.05, 0.1) is 14.2 Å². The van der Waals surface area contributed by atoms with E-state index in [0.717, 1.165) is 35.8 Å². The largest absolute Gasteiger partial charge is 0.467 e. The van der Waals surface area contributed by atoms with E-state index in [9.17, 15) is 28.8 Å². The molecule has 0 aromatic carbocycles. The van der Waals surface area contributed by atoms with Gasteiger partial charge in [-0.1, -0.05) is 49.3 Å². The molecule has 0 aliphatic heterocycles. The van der Waals surface area contributed by atoms with Crippen molar-refractivity contribution in [2.45, 2.75) is 52.6 Å². The second kappa shape index (κ2) is 15.7. The number of carbonyl (C=O) groups is 6. The minimum absolute atomic E-state index is 0.00681. The van der Waals surface area contributed by atoms with Gasteiger partial charge < -0.3 is 20.1 Å². The predicted molar refractivity (Wildman–Crippen MR) is 122 cm³/mol. The number of methoxy groups -OCH3 is 2. The Kier molecular flexibility index (Phi) is 14.7. The van der Waals surface area contributed by atoms with E-state index >= 15 is 0 Å². The van der Waals surface area contributed by atoms with Crippen LogP contribution in [0.3, 0.4) is 0 Å². The van der Waals surface area contributed by atoms with E-state index in [1.165, 1.54) is 0 Å². The highest BCUT2D eigenvalue weighted by atomic mass is 33.1. The monoisotopic (exact) mass is 492 g/mol. The lowest BCUT2D eigenvalue weighted by atomic mass is 10.1. The minimum Gasteiger partial charge on any atom is -0.467 e. The molecule has 0 heterocycles. The van der Waals surface area contributed by atoms with E-state index in [2.05, 4.69) is 20.1 Å². The van der Waals surface area contributed by atoms with Crippen LogP contribution in [0.15, 0.2) is 0 Å². The van der Waals surface area contributed by atoms with Gasteiger partial charge >= 0.3 is 11.9 Å². The summed E-state index contributed by atoms with van der Waals surface area (Å²) in [6.07, 6.45) is 0.106. The molecular weight excluding hydrogens is 460 g/mol. The van der Waals surface area contributed by atoms with Crippen molar-refractivity contribution < 1.29 is 38.2 Å². The normalized spacial score (nSPS) is 12.6. The SMILES string of the molecule is COC(=O)C(CSSCC(NC(=O)C(=O)CC(C)C)C(=O)OC)NC(=O)C(=O)CC(C)C. The third kappa shape index (κ3) is 12.1. The fourth-order valence-corrected chi connectivity index (χ4v) is 4.56. The molecule has 12 heteroatoms. The molecule has 0 fully saturated rings. The van der Waals surface area contributed by atoms with Crippen LogP contribution >= 0.6 is 21.6 Å². The maximum absolute atomic E-state index is 12.0. The average Bonchev–Trinajstić information content (AvgIpc) is 2.72. The van der Waals surface area contributed by atoms with Gasteiger partial charge in [0.2, 0.25) is 11.6 Å². The molecule has 0 aliphatic rings. The number of hydrogen-bond acceptors (Lipinski definition) is 10. The van der Waals surface area contributed by atoms with E-state index in [1.807, 2.05) is 0 Å². The van der Waals surface area contributed by atoms with E-state index in [-0.39, 0.29) is 36.2 Å². The van der Waals surface area contributed by atoms with E-state index in [0.29, 0.717) is 0 Å². The van der Waals surface area contributed by atoms with Gasteiger partial charge in [0.15, 0.2) is 0 Å². The molecule has 0 rings (SSSR count). The highest BCUT2D eigenvalue weighted by Gasteiger charge is 2.27. The van der Waals surface area contributed by atoms with Gasteiger partial charge in [-0.25, -0.2) is 9.59 Å². The summed E-state index contributed by atoms with van der Waals surface area (Å²) in [7, 11) is 4.56. The Morgan fingerprint density at radius 3 is 1.22 bits per heavy atom. The Morgan fingerprint density at radius 1 is 0.656 bits per heavy atom. The average molecular weight is 493 g/mol. The van der Waals surface area contributed by atoms with Crippen molar-refractivity contribution in [2.24, 2.45) is 11.8 Å². The number of ether oxygens (including phenoxy) is 2. The first-order valence-corrected chi connectivity index (χ1v) is 12.5. The Labute approximate surface area is 196 Å². The van der Waals surface area contributed by atoms with E-state index < -0.39 is 47.4 Å². The van der Waals surface area contributed by atoms with Crippen molar-refractivity contribution in [2.75, 3.05) is 25.7 Å². The lowest BCUT2D eigenvalue weighted by Gasteiger charge is -2.18. The van der Waals surface area contributed by atoms with Crippen molar-refractivity contribution in [1.29, 1.82) is 0 Å². The number of ketones is 2. The number of amides is 2. The van der Waals surface area contributed by atoms with Crippen molar-refractivity contribution in [1.82, 2.24) is 10.6 Å². The molecule has 0 aromatic rings. The number of Topliss-reactive ketones (excluding diaryl/α,β-unsaturated/α-hetero) is 2. The third-order valence-electron chi connectivity index (χ3n) is 3.83. The second-order valence-electron chi connectivity index (χ2n) is 7.71. The summed E-state index contributed by atoms with van der Waals surface area (Å²) in [5, 5.41) is 4.71. The van der Waals surface area contributed by atoms with Crippen LogP contribution in [-0.4, -0.2) is 73.1 Å². The molecule has 2 unspecified atom stereocenters. The summed E-state index contributed by atoms with van der Waals surface area (Å²) < 4.78 is 9.32. The Bertz CT molecular complexity index is 639. The van der Waals surface area contributed by atoms with Crippen molar-refractivity contribution in [3.05, 3.63) is 0 Å². The first-order chi connectivity index (χ1) is 14.9. The lowest BCUT2D eigenvalue weighted by Crippen LogP contribution is -2.46. The summed E-state index contributed by atoms with van der Waals surface area (Å²) in [5.41, 5.74) is 0. The zero-order valence-electron chi connectivity index (χ0n) is 19.2. The minimum atomic E-state index is -1.07.